The molecule has 0 amide bonds. The van der Waals surface area contributed by atoms with E-state index in [1.807, 2.05) is 7.05 Å². The third-order valence-electron chi connectivity index (χ3n) is 4.13. The maximum absolute atomic E-state index is 4.46. The van der Waals surface area contributed by atoms with Gasteiger partial charge in [0.25, 0.3) is 0 Å². The lowest BCUT2D eigenvalue weighted by molar-refractivity contribution is 0.376. The fourth-order valence-corrected chi connectivity index (χ4v) is 3.58. The molecule has 3 nitrogen and oxygen atoms in total. The molecule has 0 aromatic carbocycles. The predicted molar refractivity (Wildman–Crippen MR) is 96.8 cm³/mol. The number of nitrogens with one attached hydrogen (secondary N) is 1. The number of hydrogen-bond acceptors (Lipinski definition) is 2. The van der Waals surface area contributed by atoms with E-state index in [0.29, 0.717) is 5.41 Å². The highest BCUT2D eigenvalue weighted by Gasteiger charge is 2.37. The molecule has 5 heteroatoms. The standard InChI is InChI=1S/C14H27N3S.HI/c1-11(2)12-9-17(7-8-18-12)13(15-4)16-10-14(3)5-6-14;/h11-12H,5-10H2,1-4H3,(H,15,16);1H. The maximum Gasteiger partial charge on any atom is 0.193 e. The monoisotopic (exact) mass is 397 g/mol. The highest BCUT2D eigenvalue weighted by Crippen LogP contribution is 2.44. The summed E-state index contributed by atoms with van der Waals surface area (Å²) in [4.78, 5) is 6.90. The summed E-state index contributed by atoms with van der Waals surface area (Å²) >= 11 is 2.11. The van der Waals surface area contributed by atoms with Crippen LogP contribution < -0.4 is 5.32 Å². The van der Waals surface area contributed by atoms with Crippen molar-refractivity contribution >= 4 is 41.7 Å². The van der Waals surface area contributed by atoms with Crippen molar-refractivity contribution in [2.45, 2.75) is 38.9 Å². The Morgan fingerprint density at radius 1 is 1.47 bits per heavy atom. The van der Waals surface area contributed by atoms with Crippen molar-refractivity contribution in [2.75, 3.05) is 32.4 Å². The number of aliphatic imine (C=N–C) groups is 1. The number of hydrogen-bond donors (Lipinski definition) is 1. The van der Waals surface area contributed by atoms with E-state index in [1.54, 1.807) is 0 Å². The summed E-state index contributed by atoms with van der Waals surface area (Å²) in [5.74, 6) is 3.08. The van der Waals surface area contributed by atoms with Gasteiger partial charge >= 0.3 is 0 Å². The summed E-state index contributed by atoms with van der Waals surface area (Å²) in [6, 6.07) is 0. The van der Waals surface area contributed by atoms with Crippen LogP contribution in [0.4, 0.5) is 0 Å². The highest BCUT2D eigenvalue weighted by molar-refractivity contribution is 14.0. The third kappa shape index (κ3) is 4.99. The predicted octanol–water partition coefficient (Wildman–Crippen LogP) is 3.05. The molecule has 0 radical (unpaired) electrons. The van der Waals surface area contributed by atoms with E-state index in [9.17, 15) is 0 Å². The molecule has 1 N–H and O–H groups in total. The van der Waals surface area contributed by atoms with Gasteiger partial charge in [0.2, 0.25) is 0 Å². The van der Waals surface area contributed by atoms with Gasteiger partial charge < -0.3 is 10.2 Å². The second-order valence-corrected chi connectivity index (χ2v) is 7.66. The summed E-state index contributed by atoms with van der Waals surface area (Å²) in [7, 11) is 1.91. The molecule has 0 aromatic heterocycles. The molecular formula is C14H28IN3S. The Morgan fingerprint density at radius 2 is 2.16 bits per heavy atom. The van der Waals surface area contributed by atoms with E-state index in [-0.39, 0.29) is 24.0 Å². The molecule has 19 heavy (non-hydrogen) atoms. The molecule has 1 saturated carbocycles. The molecule has 0 aromatic rings. The number of nitrogens with zero attached hydrogens (tertiary/aromatic N) is 2. The molecule has 112 valence electrons. The normalized spacial score (nSPS) is 26.1. The van der Waals surface area contributed by atoms with E-state index >= 15 is 0 Å². The first-order valence-electron chi connectivity index (χ1n) is 7.11. The van der Waals surface area contributed by atoms with E-state index in [4.69, 9.17) is 0 Å². The Morgan fingerprint density at radius 3 is 2.68 bits per heavy atom. The zero-order valence-corrected chi connectivity index (χ0v) is 15.8. The van der Waals surface area contributed by atoms with E-state index in [0.717, 1.165) is 36.8 Å². The minimum absolute atomic E-state index is 0. The Kier molecular flexibility index (Phi) is 6.76. The van der Waals surface area contributed by atoms with Crippen LogP contribution in [0, 0.1) is 11.3 Å². The molecule has 1 saturated heterocycles. The van der Waals surface area contributed by atoms with Gasteiger partial charge in [-0.15, -0.1) is 24.0 Å². The van der Waals surface area contributed by atoms with Crippen LogP contribution in [0.3, 0.4) is 0 Å². The van der Waals surface area contributed by atoms with Crippen LogP contribution in [-0.2, 0) is 0 Å². The number of rotatable bonds is 3. The van der Waals surface area contributed by atoms with Crippen molar-refractivity contribution in [1.82, 2.24) is 10.2 Å². The van der Waals surface area contributed by atoms with Crippen LogP contribution in [0.15, 0.2) is 4.99 Å². The SMILES string of the molecule is CN=C(NCC1(C)CC1)N1CCSC(C(C)C)C1.I. The molecule has 1 atom stereocenters. The van der Waals surface area contributed by atoms with E-state index in [2.05, 4.69) is 47.7 Å². The lowest BCUT2D eigenvalue weighted by Gasteiger charge is -2.36. The van der Waals surface area contributed by atoms with Gasteiger partial charge in [-0.05, 0) is 24.2 Å². The quantitative estimate of drug-likeness (QED) is 0.451. The van der Waals surface area contributed by atoms with Crippen LogP contribution in [0.2, 0.25) is 0 Å². The highest BCUT2D eigenvalue weighted by atomic mass is 127. The molecular weight excluding hydrogens is 369 g/mol. The largest absolute Gasteiger partial charge is 0.356 e. The van der Waals surface area contributed by atoms with Gasteiger partial charge in [-0.1, -0.05) is 20.8 Å². The topological polar surface area (TPSA) is 27.6 Å². The molecule has 2 aliphatic rings. The van der Waals surface area contributed by atoms with Gasteiger partial charge in [0.1, 0.15) is 0 Å². The Hall–Kier alpha value is 0.350. The van der Waals surface area contributed by atoms with Gasteiger partial charge in [0.05, 0.1) is 0 Å². The van der Waals surface area contributed by atoms with Crippen LogP contribution in [0.5, 0.6) is 0 Å². The first-order chi connectivity index (χ1) is 8.54. The molecule has 1 aliphatic heterocycles. The number of halogens is 1. The minimum atomic E-state index is 0. The Balaban J connectivity index is 0.00000180. The molecule has 1 heterocycles. The average molecular weight is 397 g/mol. The summed E-state index contributed by atoms with van der Waals surface area (Å²) in [5, 5.41) is 4.31. The summed E-state index contributed by atoms with van der Waals surface area (Å²) in [6.07, 6.45) is 2.73. The molecule has 0 bridgehead atoms. The van der Waals surface area contributed by atoms with Crippen molar-refractivity contribution in [3.8, 4) is 0 Å². The fraction of sp³-hybridized carbons (Fsp3) is 0.929. The molecule has 1 aliphatic carbocycles. The first kappa shape index (κ1) is 17.4. The minimum Gasteiger partial charge on any atom is -0.356 e. The Bertz CT molecular complexity index is 316. The van der Waals surface area contributed by atoms with Crippen molar-refractivity contribution in [3.63, 3.8) is 0 Å². The lowest BCUT2D eigenvalue weighted by atomic mass is 10.1. The van der Waals surface area contributed by atoms with Crippen LogP contribution in [-0.4, -0.2) is 48.5 Å². The summed E-state index contributed by atoms with van der Waals surface area (Å²) in [5.41, 5.74) is 0.540. The van der Waals surface area contributed by atoms with Crippen molar-refractivity contribution in [2.24, 2.45) is 16.3 Å². The number of thioether (sulfide) groups is 1. The van der Waals surface area contributed by atoms with Crippen LogP contribution in [0.25, 0.3) is 0 Å². The first-order valence-corrected chi connectivity index (χ1v) is 8.16. The van der Waals surface area contributed by atoms with Crippen LogP contribution >= 0.6 is 35.7 Å². The molecule has 2 fully saturated rings. The maximum atomic E-state index is 4.46. The fourth-order valence-electron chi connectivity index (χ4n) is 2.29. The van der Waals surface area contributed by atoms with Gasteiger partial charge in [-0.3, -0.25) is 4.99 Å². The summed E-state index contributed by atoms with van der Waals surface area (Å²) in [6.45, 7) is 10.3. The zero-order chi connectivity index (χ0) is 13.2. The smallest absolute Gasteiger partial charge is 0.193 e. The molecule has 2 rings (SSSR count). The van der Waals surface area contributed by atoms with Crippen molar-refractivity contribution in [3.05, 3.63) is 0 Å². The summed E-state index contributed by atoms with van der Waals surface area (Å²) < 4.78 is 0. The molecule has 1 unspecified atom stereocenters. The second-order valence-electron chi connectivity index (χ2n) is 6.31. The average Bonchev–Trinajstić information content (AvgIpc) is 3.09. The third-order valence-corrected chi connectivity index (χ3v) is 5.67. The lowest BCUT2D eigenvalue weighted by Crippen LogP contribution is -2.49. The van der Waals surface area contributed by atoms with E-state index in [1.165, 1.54) is 18.6 Å². The van der Waals surface area contributed by atoms with Gasteiger partial charge in [0.15, 0.2) is 5.96 Å². The number of guanidine groups is 1. The van der Waals surface area contributed by atoms with Crippen molar-refractivity contribution < 1.29 is 0 Å². The van der Waals surface area contributed by atoms with Gasteiger partial charge in [-0.2, -0.15) is 11.8 Å². The zero-order valence-electron chi connectivity index (χ0n) is 12.6. The van der Waals surface area contributed by atoms with Gasteiger partial charge in [-0.25, -0.2) is 0 Å². The van der Waals surface area contributed by atoms with E-state index < -0.39 is 0 Å². The van der Waals surface area contributed by atoms with Gasteiger partial charge in [0, 0.05) is 37.7 Å². The van der Waals surface area contributed by atoms with Crippen LogP contribution in [0.1, 0.15) is 33.6 Å². The second kappa shape index (κ2) is 7.38. The Labute approximate surface area is 139 Å². The molecule has 0 spiro atoms. The van der Waals surface area contributed by atoms with Crippen molar-refractivity contribution in [1.29, 1.82) is 0 Å².